The molecule has 1 amide bonds. The Labute approximate surface area is 205 Å². The minimum absolute atomic E-state index is 0.140. The molecule has 0 aliphatic carbocycles. The Bertz CT molecular complexity index is 1330. The molecular formula is C24H21N7OS2. The van der Waals surface area contributed by atoms with E-state index >= 15 is 0 Å². The normalized spacial score (nSPS) is 13.3. The molecule has 2 aromatic carbocycles. The number of aromatic nitrogens is 4. The van der Waals surface area contributed by atoms with Crippen molar-refractivity contribution in [1.82, 2.24) is 25.1 Å². The molecule has 0 fully saturated rings. The van der Waals surface area contributed by atoms with E-state index in [1.54, 1.807) is 4.68 Å². The zero-order valence-corrected chi connectivity index (χ0v) is 19.9. The van der Waals surface area contributed by atoms with E-state index in [0.29, 0.717) is 15.7 Å². The van der Waals surface area contributed by atoms with Crippen molar-refractivity contribution in [2.24, 2.45) is 0 Å². The number of fused-ring (bicyclic) bond motifs is 1. The summed E-state index contributed by atoms with van der Waals surface area (Å²) in [5.41, 5.74) is 3.75. The van der Waals surface area contributed by atoms with E-state index in [4.69, 9.17) is 0 Å². The van der Waals surface area contributed by atoms with E-state index in [9.17, 15) is 10.1 Å². The van der Waals surface area contributed by atoms with Crippen LogP contribution in [-0.4, -0.2) is 43.3 Å². The second-order valence-corrected chi connectivity index (χ2v) is 9.86. The van der Waals surface area contributed by atoms with Crippen LogP contribution in [-0.2, 0) is 24.3 Å². The number of nitrogens with one attached hydrogen (secondary N) is 1. The first kappa shape index (κ1) is 22.3. The quantitative estimate of drug-likeness (QED) is 0.395. The molecule has 0 atom stereocenters. The average Bonchev–Trinajstić information content (AvgIpc) is 3.47. The van der Waals surface area contributed by atoms with Gasteiger partial charge in [0.15, 0.2) is 0 Å². The van der Waals surface area contributed by atoms with Crippen molar-refractivity contribution in [1.29, 1.82) is 5.26 Å². The molecule has 10 heteroatoms. The van der Waals surface area contributed by atoms with Crippen LogP contribution in [0.15, 0.2) is 65.8 Å². The van der Waals surface area contributed by atoms with Crippen LogP contribution in [0.5, 0.6) is 0 Å². The third-order valence-electron chi connectivity index (χ3n) is 5.52. The molecule has 5 rings (SSSR count). The minimum Gasteiger partial charge on any atom is -0.316 e. The van der Waals surface area contributed by atoms with Crippen LogP contribution in [0, 0.1) is 11.3 Å². The molecule has 34 heavy (non-hydrogen) atoms. The van der Waals surface area contributed by atoms with Gasteiger partial charge in [-0.25, -0.2) is 0 Å². The summed E-state index contributed by atoms with van der Waals surface area (Å²) in [5.74, 6) is -0.0512. The summed E-state index contributed by atoms with van der Waals surface area (Å²) in [6, 6.07) is 22.2. The van der Waals surface area contributed by atoms with Crippen molar-refractivity contribution < 1.29 is 4.79 Å². The molecule has 0 radical (unpaired) electrons. The van der Waals surface area contributed by atoms with Gasteiger partial charge in [0.2, 0.25) is 11.1 Å². The summed E-state index contributed by atoms with van der Waals surface area (Å²) in [7, 11) is 0. The second-order valence-electron chi connectivity index (χ2n) is 7.81. The van der Waals surface area contributed by atoms with Crippen LogP contribution in [0.2, 0.25) is 0 Å². The third kappa shape index (κ3) is 4.87. The number of tetrazole rings is 1. The van der Waals surface area contributed by atoms with E-state index in [2.05, 4.69) is 43.9 Å². The van der Waals surface area contributed by atoms with Gasteiger partial charge in [-0.15, -0.1) is 16.4 Å². The molecule has 0 saturated carbocycles. The van der Waals surface area contributed by atoms with Gasteiger partial charge >= 0.3 is 0 Å². The second kappa shape index (κ2) is 10.2. The Kier molecular flexibility index (Phi) is 6.67. The summed E-state index contributed by atoms with van der Waals surface area (Å²) in [6.45, 7) is 2.53. The Morgan fingerprint density at radius 2 is 1.91 bits per heavy atom. The van der Waals surface area contributed by atoms with Crippen molar-refractivity contribution in [2.75, 3.05) is 17.6 Å². The molecule has 0 spiro atoms. The number of nitrogens with zero attached hydrogens (tertiary/aromatic N) is 6. The van der Waals surface area contributed by atoms with Gasteiger partial charge in [0, 0.05) is 24.5 Å². The highest BCUT2D eigenvalue weighted by atomic mass is 32.2. The molecule has 3 heterocycles. The largest absolute Gasteiger partial charge is 0.316 e. The number of hydrogen-bond acceptors (Lipinski definition) is 8. The number of nitriles is 1. The highest BCUT2D eigenvalue weighted by Crippen LogP contribution is 2.37. The summed E-state index contributed by atoms with van der Waals surface area (Å²) in [4.78, 5) is 16.2. The summed E-state index contributed by atoms with van der Waals surface area (Å²) < 4.78 is 1.60. The topological polar surface area (TPSA) is 99.7 Å². The van der Waals surface area contributed by atoms with Gasteiger partial charge in [-0.1, -0.05) is 60.3 Å². The lowest BCUT2D eigenvalue weighted by atomic mass is 10.0. The SMILES string of the molecule is N#Cc1c(NC(=O)CSc2nnnn2-c2ccccc2)sc2c1CCN(Cc1ccccc1)C2. The molecule has 1 aliphatic heterocycles. The lowest BCUT2D eigenvalue weighted by Crippen LogP contribution is -2.29. The number of amides is 1. The van der Waals surface area contributed by atoms with Gasteiger partial charge < -0.3 is 5.32 Å². The predicted molar refractivity (Wildman–Crippen MR) is 132 cm³/mol. The number of rotatable bonds is 7. The van der Waals surface area contributed by atoms with Gasteiger partial charge in [-0.3, -0.25) is 9.69 Å². The first-order valence-corrected chi connectivity index (χ1v) is 12.6. The maximum absolute atomic E-state index is 12.7. The molecule has 0 unspecified atom stereocenters. The van der Waals surface area contributed by atoms with Gasteiger partial charge in [0.1, 0.15) is 11.1 Å². The number of benzene rings is 2. The van der Waals surface area contributed by atoms with E-state index < -0.39 is 0 Å². The number of thiophene rings is 1. The minimum atomic E-state index is -0.191. The highest BCUT2D eigenvalue weighted by molar-refractivity contribution is 7.99. The molecule has 1 aliphatic rings. The molecule has 1 N–H and O–H groups in total. The van der Waals surface area contributed by atoms with Crippen molar-refractivity contribution >= 4 is 34.0 Å². The maximum Gasteiger partial charge on any atom is 0.235 e. The zero-order valence-electron chi connectivity index (χ0n) is 18.2. The van der Waals surface area contributed by atoms with Gasteiger partial charge in [-0.05, 0) is 40.1 Å². The molecular weight excluding hydrogens is 466 g/mol. The summed E-state index contributed by atoms with van der Waals surface area (Å²) in [6.07, 6.45) is 0.804. The number of carbonyl (C=O) groups excluding carboxylic acids is 1. The molecule has 170 valence electrons. The summed E-state index contributed by atoms with van der Waals surface area (Å²) >= 11 is 2.76. The van der Waals surface area contributed by atoms with E-state index in [-0.39, 0.29) is 11.7 Å². The molecule has 4 aromatic rings. The number of carbonyl (C=O) groups is 1. The Morgan fingerprint density at radius 1 is 1.15 bits per heavy atom. The number of hydrogen-bond donors (Lipinski definition) is 1. The van der Waals surface area contributed by atoms with Crippen LogP contribution < -0.4 is 5.32 Å². The number of anilines is 1. The van der Waals surface area contributed by atoms with Crippen LogP contribution in [0.4, 0.5) is 5.00 Å². The van der Waals surface area contributed by atoms with Crippen LogP contribution in [0.3, 0.4) is 0 Å². The lowest BCUT2D eigenvalue weighted by Gasteiger charge is -2.26. The molecule has 8 nitrogen and oxygen atoms in total. The number of para-hydroxylation sites is 1. The average molecular weight is 488 g/mol. The Balaban J connectivity index is 1.24. The van der Waals surface area contributed by atoms with Crippen molar-refractivity contribution in [3.05, 3.63) is 82.2 Å². The number of thioether (sulfide) groups is 1. The van der Waals surface area contributed by atoms with E-state index in [1.807, 2.05) is 48.5 Å². The summed E-state index contributed by atoms with van der Waals surface area (Å²) in [5, 5.41) is 25.7. The van der Waals surface area contributed by atoms with E-state index in [0.717, 1.165) is 42.2 Å². The fourth-order valence-corrected chi connectivity index (χ4v) is 5.88. The fraction of sp³-hybridized carbons (Fsp3) is 0.208. The Hall–Kier alpha value is -3.52. The van der Waals surface area contributed by atoms with Gasteiger partial charge in [0.25, 0.3) is 0 Å². The highest BCUT2D eigenvalue weighted by Gasteiger charge is 2.25. The smallest absolute Gasteiger partial charge is 0.235 e. The molecule has 0 bridgehead atoms. The Morgan fingerprint density at radius 3 is 2.68 bits per heavy atom. The van der Waals surface area contributed by atoms with E-state index in [1.165, 1.54) is 28.7 Å². The van der Waals surface area contributed by atoms with Crippen molar-refractivity contribution in [2.45, 2.75) is 24.7 Å². The predicted octanol–water partition coefficient (Wildman–Crippen LogP) is 3.88. The molecule has 2 aromatic heterocycles. The fourth-order valence-electron chi connectivity index (χ4n) is 3.93. The third-order valence-corrected chi connectivity index (χ3v) is 7.58. The van der Waals surface area contributed by atoms with Gasteiger partial charge in [0.05, 0.1) is 17.0 Å². The van der Waals surface area contributed by atoms with Crippen molar-refractivity contribution in [3.63, 3.8) is 0 Å². The van der Waals surface area contributed by atoms with Gasteiger partial charge in [-0.2, -0.15) is 9.94 Å². The monoisotopic (exact) mass is 487 g/mol. The first-order valence-electron chi connectivity index (χ1n) is 10.8. The van der Waals surface area contributed by atoms with Crippen molar-refractivity contribution in [3.8, 4) is 11.8 Å². The first-order chi connectivity index (χ1) is 16.7. The lowest BCUT2D eigenvalue weighted by molar-refractivity contribution is -0.113. The van der Waals surface area contributed by atoms with Crippen LogP contribution >= 0.6 is 23.1 Å². The van der Waals surface area contributed by atoms with Crippen LogP contribution in [0.1, 0.15) is 21.6 Å². The maximum atomic E-state index is 12.7. The standard InChI is InChI=1S/C24H21N7OS2/c25-13-20-19-11-12-30(14-17-7-3-1-4-8-17)15-21(19)34-23(20)26-22(32)16-33-24-27-28-29-31(24)18-9-5-2-6-10-18/h1-10H,11-12,14-16H2,(H,26,32). The zero-order chi connectivity index (χ0) is 23.3. The van der Waals surface area contributed by atoms with Crippen LogP contribution in [0.25, 0.3) is 5.69 Å². The molecule has 0 saturated heterocycles.